The summed E-state index contributed by atoms with van der Waals surface area (Å²) < 4.78 is 11.0. The molecule has 3 saturated heterocycles. The average molecular weight is 224 g/mol. The summed E-state index contributed by atoms with van der Waals surface area (Å²) in [5.74, 6) is 0.717. The lowest BCUT2D eigenvalue weighted by Gasteiger charge is -2.39. The lowest BCUT2D eigenvalue weighted by Crippen LogP contribution is -2.43. The second-order valence-electron chi connectivity index (χ2n) is 6.07. The average Bonchev–Trinajstić information content (AvgIpc) is 2.55. The van der Waals surface area contributed by atoms with Gasteiger partial charge in [0, 0.05) is 17.8 Å². The molecule has 3 aliphatic rings. The van der Waals surface area contributed by atoms with Crippen LogP contribution in [0, 0.1) is 11.3 Å². The highest BCUT2D eigenvalue weighted by Crippen LogP contribution is 2.39. The summed E-state index contributed by atoms with van der Waals surface area (Å²) in [6.45, 7) is 3.67. The van der Waals surface area contributed by atoms with E-state index in [1.54, 1.807) is 0 Å². The van der Waals surface area contributed by atoms with Gasteiger partial charge in [-0.2, -0.15) is 0 Å². The predicted molar refractivity (Wildman–Crippen MR) is 59.2 cm³/mol. The number of hydrogen-bond acceptors (Lipinski definition) is 3. The Balaban J connectivity index is 1.58. The number of ether oxygens (including phenoxy) is 2. The first-order chi connectivity index (χ1) is 7.65. The van der Waals surface area contributed by atoms with Gasteiger partial charge in [-0.05, 0) is 25.7 Å². The second kappa shape index (κ2) is 3.81. The zero-order chi connectivity index (χ0) is 11.2. The van der Waals surface area contributed by atoms with Crippen molar-refractivity contribution in [1.82, 2.24) is 0 Å². The minimum absolute atomic E-state index is 0.133. The van der Waals surface area contributed by atoms with Crippen molar-refractivity contribution in [3.8, 4) is 0 Å². The number of ketones is 1. The minimum Gasteiger partial charge on any atom is -0.380 e. The van der Waals surface area contributed by atoms with Gasteiger partial charge in [0.05, 0.1) is 25.4 Å². The maximum atomic E-state index is 12.2. The number of fused-ring (bicyclic) bond motifs is 2. The van der Waals surface area contributed by atoms with Crippen molar-refractivity contribution in [2.75, 3.05) is 13.2 Å². The molecule has 0 amide bonds. The first-order valence-corrected chi connectivity index (χ1v) is 6.41. The fourth-order valence-corrected chi connectivity index (χ4v) is 3.24. The highest BCUT2D eigenvalue weighted by Gasteiger charge is 2.41. The van der Waals surface area contributed by atoms with Crippen LogP contribution in [0.5, 0.6) is 0 Å². The van der Waals surface area contributed by atoms with Crippen LogP contribution in [0.3, 0.4) is 0 Å². The van der Waals surface area contributed by atoms with Crippen LogP contribution < -0.4 is 0 Å². The van der Waals surface area contributed by atoms with E-state index in [9.17, 15) is 4.79 Å². The van der Waals surface area contributed by atoms with Crippen LogP contribution >= 0.6 is 0 Å². The Bertz CT molecular complexity index is 284. The number of carbonyl (C=O) groups excluding carboxylic acids is 1. The molecular formula is C13H20O3. The third-order valence-electron chi connectivity index (χ3n) is 4.25. The summed E-state index contributed by atoms with van der Waals surface area (Å²) in [6.07, 6.45) is 5.70. The lowest BCUT2D eigenvalue weighted by atomic mass is 9.78. The second-order valence-corrected chi connectivity index (χ2v) is 6.07. The van der Waals surface area contributed by atoms with Crippen LogP contribution in [0.15, 0.2) is 0 Å². The summed E-state index contributed by atoms with van der Waals surface area (Å²) in [7, 11) is 0. The molecule has 3 nitrogen and oxygen atoms in total. The molecule has 0 saturated carbocycles. The van der Waals surface area contributed by atoms with E-state index in [4.69, 9.17) is 9.47 Å². The molecule has 0 radical (unpaired) electrons. The van der Waals surface area contributed by atoms with Gasteiger partial charge in [-0.1, -0.05) is 6.92 Å². The molecule has 3 aliphatic heterocycles. The maximum Gasteiger partial charge on any atom is 0.136 e. The molecule has 0 aromatic carbocycles. The van der Waals surface area contributed by atoms with Gasteiger partial charge in [-0.25, -0.2) is 0 Å². The molecule has 90 valence electrons. The monoisotopic (exact) mass is 224 g/mol. The van der Waals surface area contributed by atoms with Crippen molar-refractivity contribution >= 4 is 5.78 Å². The van der Waals surface area contributed by atoms with Crippen molar-refractivity contribution in [2.45, 2.75) is 51.2 Å². The van der Waals surface area contributed by atoms with E-state index in [1.165, 1.54) is 0 Å². The molecule has 0 N–H and O–H groups in total. The molecule has 0 aromatic heterocycles. The van der Waals surface area contributed by atoms with Crippen molar-refractivity contribution in [2.24, 2.45) is 11.3 Å². The molecule has 16 heavy (non-hydrogen) atoms. The standard InChI is InChI=1S/C13H20O3/c1-13(7-15-8-13)6-12(14)9-4-10-2-3-11(5-9)16-10/h9-11H,2-8H2,1H3. The summed E-state index contributed by atoms with van der Waals surface area (Å²) in [6, 6.07) is 0. The van der Waals surface area contributed by atoms with E-state index < -0.39 is 0 Å². The van der Waals surface area contributed by atoms with Gasteiger partial charge in [-0.15, -0.1) is 0 Å². The number of Topliss-reactive ketones (excluding diaryl/α,β-unsaturated/α-hetero) is 1. The van der Waals surface area contributed by atoms with Crippen molar-refractivity contribution in [3.63, 3.8) is 0 Å². The molecule has 2 bridgehead atoms. The highest BCUT2D eigenvalue weighted by atomic mass is 16.5. The maximum absolute atomic E-state index is 12.2. The molecule has 0 aliphatic carbocycles. The third kappa shape index (κ3) is 1.91. The van der Waals surface area contributed by atoms with E-state index in [1.807, 2.05) is 0 Å². The zero-order valence-corrected chi connectivity index (χ0v) is 9.91. The van der Waals surface area contributed by atoms with Crippen LogP contribution in [0.25, 0.3) is 0 Å². The largest absolute Gasteiger partial charge is 0.380 e. The van der Waals surface area contributed by atoms with Crippen LogP contribution in [0.1, 0.15) is 39.0 Å². The van der Waals surface area contributed by atoms with Crippen molar-refractivity contribution in [3.05, 3.63) is 0 Å². The quantitative estimate of drug-likeness (QED) is 0.735. The number of carbonyl (C=O) groups is 1. The van der Waals surface area contributed by atoms with Crippen LogP contribution in [0.2, 0.25) is 0 Å². The fourth-order valence-electron chi connectivity index (χ4n) is 3.24. The summed E-state index contributed by atoms with van der Waals surface area (Å²) >= 11 is 0. The Kier molecular flexibility index (Phi) is 2.55. The zero-order valence-electron chi connectivity index (χ0n) is 9.91. The third-order valence-corrected chi connectivity index (χ3v) is 4.25. The van der Waals surface area contributed by atoms with Crippen molar-refractivity contribution < 1.29 is 14.3 Å². The van der Waals surface area contributed by atoms with Gasteiger partial charge in [0.25, 0.3) is 0 Å². The van der Waals surface area contributed by atoms with E-state index in [2.05, 4.69) is 6.92 Å². The van der Waals surface area contributed by atoms with Crippen LogP contribution in [-0.2, 0) is 14.3 Å². The highest BCUT2D eigenvalue weighted by molar-refractivity contribution is 5.82. The molecule has 0 aromatic rings. The molecule has 0 spiro atoms. The van der Waals surface area contributed by atoms with Crippen LogP contribution in [-0.4, -0.2) is 31.2 Å². The normalized spacial score (nSPS) is 40.4. The van der Waals surface area contributed by atoms with E-state index >= 15 is 0 Å². The van der Waals surface area contributed by atoms with Crippen molar-refractivity contribution in [1.29, 1.82) is 0 Å². The van der Waals surface area contributed by atoms with Gasteiger partial charge in [-0.3, -0.25) is 4.79 Å². The molecule has 2 unspecified atom stereocenters. The van der Waals surface area contributed by atoms with E-state index in [0.29, 0.717) is 24.4 Å². The SMILES string of the molecule is CC1(CC(=O)C2CC3CCC(C2)O3)COC1. The Labute approximate surface area is 96.5 Å². The minimum atomic E-state index is 0.133. The Morgan fingerprint density at radius 1 is 1.25 bits per heavy atom. The summed E-state index contributed by atoms with van der Waals surface area (Å²) in [5.41, 5.74) is 0.133. The predicted octanol–water partition coefficient (Wildman–Crippen LogP) is 1.94. The topological polar surface area (TPSA) is 35.5 Å². The summed E-state index contributed by atoms with van der Waals surface area (Å²) in [5, 5.41) is 0. The molecule has 3 heterocycles. The Morgan fingerprint density at radius 2 is 1.88 bits per heavy atom. The smallest absolute Gasteiger partial charge is 0.136 e. The number of rotatable bonds is 3. The molecule has 3 heteroatoms. The fraction of sp³-hybridized carbons (Fsp3) is 0.923. The summed E-state index contributed by atoms with van der Waals surface area (Å²) in [4.78, 5) is 12.2. The first kappa shape index (κ1) is 10.7. The van der Waals surface area contributed by atoms with Gasteiger partial charge in [0.1, 0.15) is 5.78 Å². The van der Waals surface area contributed by atoms with Gasteiger partial charge < -0.3 is 9.47 Å². The van der Waals surface area contributed by atoms with E-state index in [0.717, 1.165) is 38.9 Å². The Hall–Kier alpha value is -0.410. The molecule has 3 fully saturated rings. The van der Waals surface area contributed by atoms with Gasteiger partial charge >= 0.3 is 0 Å². The molecule has 2 atom stereocenters. The first-order valence-electron chi connectivity index (χ1n) is 6.41. The van der Waals surface area contributed by atoms with Gasteiger partial charge in [0.15, 0.2) is 0 Å². The number of hydrogen-bond donors (Lipinski definition) is 0. The lowest BCUT2D eigenvalue weighted by molar-refractivity contribution is -0.144. The van der Waals surface area contributed by atoms with E-state index in [-0.39, 0.29) is 11.3 Å². The van der Waals surface area contributed by atoms with Crippen LogP contribution in [0.4, 0.5) is 0 Å². The molecular weight excluding hydrogens is 204 g/mol. The Morgan fingerprint density at radius 3 is 2.38 bits per heavy atom. The van der Waals surface area contributed by atoms with Gasteiger partial charge in [0.2, 0.25) is 0 Å². The molecule has 3 rings (SSSR count).